The minimum absolute atomic E-state index is 0.237. The van der Waals surface area contributed by atoms with Crippen molar-refractivity contribution in [1.82, 2.24) is 15.3 Å². The first-order valence-corrected chi connectivity index (χ1v) is 6.15. The SMILES string of the molecule is Cc1ncc(CNC(=O)c2cc(Cl)ccn2)s1. The van der Waals surface area contributed by atoms with Crippen molar-refractivity contribution in [1.29, 1.82) is 0 Å². The molecule has 0 fully saturated rings. The highest BCUT2D eigenvalue weighted by atomic mass is 35.5. The fourth-order valence-corrected chi connectivity index (χ4v) is 2.17. The number of hydrogen-bond acceptors (Lipinski definition) is 4. The van der Waals surface area contributed by atoms with Crippen LogP contribution in [0.15, 0.2) is 24.5 Å². The van der Waals surface area contributed by atoms with Gasteiger partial charge in [0.2, 0.25) is 0 Å². The summed E-state index contributed by atoms with van der Waals surface area (Å²) in [6, 6.07) is 3.17. The number of thiazole rings is 1. The smallest absolute Gasteiger partial charge is 0.270 e. The van der Waals surface area contributed by atoms with Crippen molar-refractivity contribution < 1.29 is 4.79 Å². The Labute approximate surface area is 108 Å². The van der Waals surface area contributed by atoms with Crippen molar-refractivity contribution in [2.45, 2.75) is 13.5 Å². The molecule has 0 aromatic carbocycles. The molecule has 0 saturated carbocycles. The molecule has 4 nitrogen and oxygen atoms in total. The average molecular weight is 268 g/mol. The van der Waals surface area contributed by atoms with Gasteiger partial charge in [0, 0.05) is 22.3 Å². The van der Waals surface area contributed by atoms with Gasteiger partial charge in [0.25, 0.3) is 5.91 Å². The highest BCUT2D eigenvalue weighted by molar-refractivity contribution is 7.11. The van der Waals surface area contributed by atoms with Crippen LogP contribution in [-0.4, -0.2) is 15.9 Å². The van der Waals surface area contributed by atoms with Crippen molar-refractivity contribution in [2.24, 2.45) is 0 Å². The summed E-state index contributed by atoms with van der Waals surface area (Å²) < 4.78 is 0. The predicted octanol–water partition coefficient (Wildman–Crippen LogP) is 2.43. The van der Waals surface area contributed by atoms with Gasteiger partial charge in [0.1, 0.15) is 5.69 Å². The summed E-state index contributed by atoms with van der Waals surface area (Å²) in [4.78, 5) is 20.8. The third-order valence-electron chi connectivity index (χ3n) is 2.05. The maximum Gasteiger partial charge on any atom is 0.270 e. The Morgan fingerprint density at radius 3 is 3.00 bits per heavy atom. The second-order valence-corrected chi connectivity index (χ2v) is 5.14. The highest BCUT2D eigenvalue weighted by Crippen LogP contribution is 2.11. The molecule has 6 heteroatoms. The summed E-state index contributed by atoms with van der Waals surface area (Å²) in [5.41, 5.74) is 0.318. The number of rotatable bonds is 3. The van der Waals surface area contributed by atoms with Crippen LogP contribution in [0.2, 0.25) is 5.02 Å². The van der Waals surface area contributed by atoms with Crippen LogP contribution in [0.25, 0.3) is 0 Å². The molecule has 2 rings (SSSR count). The quantitative estimate of drug-likeness (QED) is 0.929. The van der Waals surface area contributed by atoms with Crippen LogP contribution >= 0.6 is 22.9 Å². The second kappa shape index (κ2) is 5.25. The molecule has 2 aromatic heterocycles. The molecule has 0 aliphatic carbocycles. The Morgan fingerprint density at radius 1 is 1.53 bits per heavy atom. The van der Waals surface area contributed by atoms with Crippen molar-refractivity contribution in [3.63, 3.8) is 0 Å². The summed E-state index contributed by atoms with van der Waals surface area (Å²) in [6.45, 7) is 2.38. The topological polar surface area (TPSA) is 54.9 Å². The molecule has 17 heavy (non-hydrogen) atoms. The zero-order chi connectivity index (χ0) is 12.3. The number of pyridine rings is 1. The average Bonchev–Trinajstić information content (AvgIpc) is 2.72. The zero-order valence-corrected chi connectivity index (χ0v) is 10.7. The molecule has 0 bridgehead atoms. The minimum atomic E-state index is -0.237. The van der Waals surface area contributed by atoms with Gasteiger partial charge in [-0.05, 0) is 19.1 Å². The second-order valence-electron chi connectivity index (χ2n) is 3.39. The van der Waals surface area contributed by atoms with E-state index in [-0.39, 0.29) is 5.91 Å². The monoisotopic (exact) mass is 267 g/mol. The third-order valence-corrected chi connectivity index (χ3v) is 3.19. The summed E-state index contributed by atoms with van der Waals surface area (Å²) in [5.74, 6) is -0.237. The molecule has 0 aliphatic rings. The van der Waals surface area contributed by atoms with E-state index in [1.807, 2.05) is 6.92 Å². The van der Waals surface area contributed by atoms with Crippen LogP contribution < -0.4 is 5.32 Å². The van der Waals surface area contributed by atoms with E-state index in [9.17, 15) is 4.79 Å². The Hall–Kier alpha value is -1.46. The molecule has 0 unspecified atom stereocenters. The van der Waals surface area contributed by atoms with Gasteiger partial charge in [-0.1, -0.05) is 11.6 Å². The van der Waals surface area contributed by atoms with Gasteiger partial charge in [0.15, 0.2) is 0 Å². The van der Waals surface area contributed by atoms with E-state index < -0.39 is 0 Å². The molecule has 0 aliphatic heterocycles. The van der Waals surface area contributed by atoms with Crippen LogP contribution in [0, 0.1) is 6.92 Å². The van der Waals surface area contributed by atoms with Crippen molar-refractivity contribution in [3.05, 3.63) is 45.1 Å². The Morgan fingerprint density at radius 2 is 2.35 bits per heavy atom. The molecule has 0 radical (unpaired) electrons. The maximum atomic E-state index is 11.7. The molecule has 0 atom stereocenters. The molecule has 1 N–H and O–H groups in total. The summed E-state index contributed by atoms with van der Waals surface area (Å²) in [6.07, 6.45) is 3.26. The van der Waals surface area contributed by atoms with Gasteiger partial charge < -0.3 is 5.32 Å². The number of carbonyl (C=O) groups excluding carboxylic acids is 1. The van der Waals surface area contributed by atoms with E-state index >= 15 is 0 Å². The Balaban J connectivity index is 1.98. The lowest BCUT2D eigenvalue weighted by Gasteiger charge is -2.02. The first-order valence-electron chi connectivity index (χ1n) is 4.96. The van der Waals surface area contributed by atoms with Gasteiger partial charge in [-0.2, -0.15) is 0 Å². The van der Waals surface area contributed by atoms with Gasteiger partial charge in [-0.15, -0.1) is 11.3 Å². The zero-order valence-electron chi connectivity index (χ0n) is 9.11. The number of nitrogens with zero attached hydrogens (tertiary/aromatic N) is 2. The number of aromatic nitrogens is 2. The Bertz CT molecular complexity index is 541. The molecular formula is C11H10ClN3OS. The van der Waals surface area contributed by atoms with E-state index in [1.54, 1.807) is 23.6 Å². The summed E-state index contributed by atoms with van der Waals surface area (Å²) >= 11 is 7.34. The number of hydrogen-bond donors (Lipinski definition) is 1. The third kappa shape index (κ3) is 3.25. The number of carbonyl (C=O) groups is 1. The van der Waals surface area contributed by atoms with E-state index in [0.717, 1.165) is 9.88 Å². The fourth-order valence-electron chi connectivity index (χ4n) is 1.27. The number of aryl methyl sites for hydroxylation is 1. The largest absolute Gasteiger partial charge is 0.346 e. The first kappa shape index (κ1) is 12.0. The van der Waals surface area contributed by atoms with Crippen molar-refractivity contribution in [3.8, 4) is 0 Å². The van der Waals surface area contributed by atoms with E-state index in [2.05, 4.69) is 15.3 Å². The van der Waals surface area contributed by atoms with Gasteiger partial charge in [-0.25, -0.2) is 4.98 Å². The molecule has 88 valence electrons. The van der Waals surface area contributed by atoms with Crippen LogP contribution in [-0.2, 0) is 6.54 Å². The van der Waals surface area contributed by atoms with E-state index in [1.165, 1.54) is 12.3 Å². The standard InChI is InChI=1S/C11H10ClN3OS/c1-7-14-5-9(17-7)6-15-11(16)10-4-8(12)2-3-13-10/h2-5H,6H2,1H3,(H,15,16). The first-order chi connectivity index (χ1) is 8.15. The predicted molar refractivity (Wildman–Crippen MR) is 67.3 cm³/mol. The van der Waals surface area contributed by atoms with Crippen LogP contribution in [0.1, 0.15) is 20.4 Å². The normalized spacial score (nSPS) is 10.2. The highest BCUT2D eigenvalue weighted by Gasteiger charge is 2.07. The molecule has 0 saturated heterocycles. The lowest BCUT2D eigenvalue weighted by Crippen LogP contribution is -2.23. The van der Waals surface area contributed by atoms with Crippen molar-refractivity contribution in [2.75, 3.05) is 0 Å². The molecule has 0 spiro atoms. The lowest BCUT2D eigenvalue weighted by atomic mass is 10.3. The number of nitrogens with one attached hydrogen (secondary N) is 1. The maximum absolute atomic E-state index is 11.7. The van der Waals surface area contributed by atoms with Crippen LogP contribution in [0.3, 0.4) is 0 Å². The van der Waals surface area contributed by atoms with E-state index in [0.29, 0.717) is 17.3 Å². The number of amides is 1. The van der Waals surface area contributed by atoms with Crippen LogP contribution in [0.5, 0.6) is 0 Å². The van der Waals surface area contributed by atoms with E-state index in [4.69, 9.17) is 11.6 Å². The Kier molecular flexibility index (Phi) is 3.71. The van der Waals surface area contributed by atoms with Gasteiger partial charge >= 0.3 is 0 Å². The van der Waals surface area contributed by atoms with Crippen LogP contribution in [0.4, 0.5) is 0 Å². The summed E-state index contributed by atoms with van der Waals surface area (Å²) in [5, 5.41) is 4.25. The molecule has 1 amide bonds. The minimum Gasteiger partial charge on any atom is -0.346 e. The van der Waals surface area contributed by atoms with Gasteiger partial charge in [0.05, 0.1) is 11.6 Å². The molecule has 2 heterocycles. The lowest BCUT2D eigenvalue weighted by molar-refractivity contribution is 0.0946. The number of halogens is 1. The summed E-state index contributed by atoms with van der Waals surface area (Å²) in [7, 11) is 0. The van der Waals surface area contributed by atoms with Gasteiger partial charge in [-0.3, -0.25) is 9.78 Å². The fraction of sp³-hybridized carbons (Fsp3) is 0.182. The molecular weight excluding hydrogens is 258 g/mol. The molecule has 2 aromatic rings. The van der Waals surface area contributed by atoms with Crippen molar-refractivity contribution >= 4 is 28.8 Å².